The molecule has 1 aromatic carbocycles. The SMILES string of the molecule is NC1CCN(c2cccc(F)c2F)CC1. The molecule has 0 radical (unpaired) electrons. The lowest BCUT2D eigenvalue weighted by atomic mass is 10.1. The van der Waals surface area contributed by atoms with Gasteiger partial charge in [-0.25, -0.2) is 8.78 Å². The maximum atomic E-state index is 13.4. The van der Waals surface area contributed by atoms with Crippen LogP contribution < -0.4 is 10.6 Å². The van der Waals surface area contributed by atoms with Gasteiger partial charge in [0.25, 0.3) is 0 Å². The number of benzene rings is 1. The average Bonchev–Trinajstić information content (AvgIpc) is 2.24. The van der Waals surface area contributed by atoms with Crippen molar-refractivity contribution in [2.24, 2.45) is 5.73 Å². The Hall–Kier alpha value is -1.16. The maximum Gasteiger partial charge on any atom is 0.182 e. The van der Waals surface area contributed by atoms with E-state index in [2.05, 4.69) is 0 Å². The number of hydrogen-bond donors (Lipinski definition) is 1. The summed E-state index contributed by atoms with van der Waals surface area (Å²) in [6.07, 6.45) is 1.66. The third kappa shape index (κ3) is 2.09. The summed E-state index contributed by atoms with van der Waals surface area (Å²) in [5, 5.41) is 0. The van der Waals surface area contributed by atoms with E-state index in [0.717, 1.165) is 18.9 Å². The predicted octanol–water partition coefficient (Wildman–Crippen LogP) is 1.89. The highest BCUT2D eigenvalue weighted by atomic mass is 19.2. The van der Waals surface area contributed by atoms with Crippen LogP contribution in [0.1, 0.15) is 12.8 Å². The molecule has 82 valence electrons. The molecular formula is C11H14F2N2. The molecule has 0 unspecified atom stereocenters. The summed E-state index contributed by atoms with van der Waals surface area (Å²) in [5.74, 6) is -1.55. The number of anilines is 1. The number of rotatable bonds is 1. The van der Waals surface area contributed by atoms with E-state index in [9.17, 15) is 8.78 Å². The van der Waals surface area contributed by atoms with Crippen LogP contribution in [0.15, 0.2) is 18.2 Å². The average molecular weight is 212 g/mol. The van der Waals surface area contributed by atoms with Crippen LogP contribution in [0.3, 0.4) is 0 Å². The highest BCUT2D eigenvalue weighted by Crippen LogP contribution is 2.24. The molecule has 2 nitrogen and oxygen atoms in total. The molecule has 0 aliphatic carbocycles. The molecule has 15 heavy (non-hydrogen) atoms. The van der Waals surface area contributed by atoms with E-state index in [1.807, 2.05) is 4.90 Å². The molecule has 0 spiro atoms. The normalized spacial score (nSPS) is 18.2. The van der Waals surface area contributed by atoms with Gasteiger partial charge in [0.1, 0.15) is 0 Å². The summed E-state index contributed by atoms with van der Waals surface area (Å²) >= 11 is 0. The van der Waals surface area contributed by atoms with Crippen LogP contribution in [0, 0.1) is 11.6 Å². The molecule has 4 heteroatoms. The third-order valence-corrected chi connectivity index (χ3v) is 2.81. The van der Waals surface area contributed by atoms with Crippen LogP contribution in [0.2, 0.25) is 0 Å². The lowest BCUT2D eigenvalue weighted by Gasteiger charge is -2.32. The van der Waals surface area contributed by atoms with Crippen molar-refractivity contribution in [2.45, 2.75) is 18.9 Å². The number of hydrogen-bond acceptors (Lipinski definition) is 2. The quantitative estimate of drug-likeness (QED) is 0.770. The van der Waals surface area contributed by atoms with Gasteiger partial charge < -0.3 is 10.6 Å². The fraction of sp³-hybridized carbons (Fsp3) is 0.455. The first kappa shape index (κ1) is 10.4. The van der Waals surface area contributed by atoms with E-state index < -0.39 is 11.6 Å². The molecule has 2 N–H and O–H groups in total. The highest BCUT2D eigenvalue weighted by molar-refractivity contribution is 5.48. The first-order valence-corrected chi connectivity index (χ1v) is 5.13. The van der Waals surface area contributed by atoms with Crippen LogP contribution in [0.25, 0.3) is 0 Å². The van der Waals surface area contributed by atoms with Crippen molar-refractivity contribution in [1.29, 1.82) is 0 Å². The minimum absolute atomic E-state index is 0.192. The van der Waals surface area contributed by atoms with Gasteiger partial charge in [0.15, 0.2) is 11.6 Å². The van der Waals surface area contributed by atoms with E-state index in [-0.39, 0.29) is 6.04 Å². The molecule has 1 aromatic rings. The number of halogens is 2. The Labute approximate surface area is 87.7 Å². The van der Waals surface area contributed by atoms with Gasteiger partial charge in [0, 0.05) is 19.1 Å². The summed E-state index contributed by atoms with van der Waals surface area (Å²) in [6, 6.07) is 4.46. The number of nitrogens with two attached hydrogens (primary N) is 1. The molecule has 0 atom stereocenters. The number of nitrogens with zero attached hydrogens (tertiary/aromatic N) is 1. The topological polar surface area (TPSA) is 29.3 Å². The van der Waals surface area contributed by atoms with Crippen LogP contribution >= 0.6 is 0 Å². The molecule has 1 saturated heterocycles. The van der Waals surface area contributed by atoms with Gasteiger partial charge in [-0.1, -0.05) is 6.07 Å². The molecule has 0 bridgehead atoms. The van der Waals surface area contributed by atoms with Crippen molar-refractivity contribution >= 4 is 5.69 Å². The van der Waals surface area contributed by atoms with Crippen LogP contribution in [0.5, 0.6) is 0 Å². The zero-order valence-corrected chi connectivity index (χ0v) is 8.42. The first-order chi connectivity index (χ1) is 7.18. The van der Waals surface area contributed by atoms with Crippen molar-refractivity contribution in [1.82, 2.24) is 0 Å². The zero-order valence-electron chi connectivity index (χ0n) is 8.42. The van der Waals surface area contributed by atoms with Gasteiger partial charge in [-0.05, 0) is 25.0 Å². The fourth-order valence-electron chi connectivity index (χ4n) is 1.88. The Morgan fingerprint density at radius 2 is 1.87 bits per heavy atom. The molecule has 0 saturated carbocycles. The first-order valence-electron chi connectivity index (χ1n) is 5.13. The lowest BCUT2D eigenvalue weighted by molar-refractivity contribution is 0.477. The Morgan fingerprint density at radius 3 is 2.53 bits per heavy atom. The van der Waals surface area contributed by atoms with Crippen molar-refractivity contribution in [3.8, 4) is 0 Å². The number of piperidine rings is 1. The highest BCUT2D eigenvalue weighted by Gasteiger charge is 2.19. The lowest BCUT2D eigenvalue weighted by Crippen LogP contribution is -2.40. The second-order valence-corrected chi connectivity index (χ2v) is 3.90. The van der Waals surface area contributed by atoms with Crippen molar-refractivity contribution in [3.63, 3.8) is 0 Å². The smallest absolute Gasteiger partial charge is 0.182 e. The van der Waals surface area contributed by atoms with E-state index in [4.69, 9.17) is 5.73 Å². The van der Waals surface area contributed by atoms with E-state index in [1.54, 1.807) is 6.07 Å². The predicted molar refractivity (Wildman–Crippen MR) is 55.8 cm³/mol. The minimum atomic E-state index is -0.789. The molecule has 1 heterocycles. The largest absolute Gasteiger partial charge is 0.369 e. The fourth-order valence-corrected chi connectivity index (χ4v) is 1.88. The van der Waals surface area contributed by atoms with Crippen LogP contribution in [0.4, 0.5) is 14.5 Å². The monoisotopic (exact) mass is 212 g/mol. The second kappa shape index (κ2) is 4.14. The Bertz CT molecular complexity index is 346. The van der Waals surface area contributed by atoms with E-state index in [1.165, 1.54) is 6.07 Å². The van der Waals surface area contributed by atoms with Gasteiger partial charge >= 0.3 is 0 Å². The standard InChI is InChI=1S/C11H14F2N2/c12-9-2-1-3-10(11(9)13)15-6-4-8(14)5-7-15/h1-3,8H,4-7,14H2. The van der Waals surface area contributed by atoms with Crippen LogP contribution in [-0.2, 0) is 0 Å². The second-order valence-electron chi connectivity index (χ2n) is 3.90. The molecular weight excluding hydrogens is 198 g/mol. The molecule has 1 fully saturated rings. The molecule has 0 aromatic heterocycles. The molecule has 1 aliphatic rings. The minimum Gasteiger partial charge on any atom is -0.369 e. The van der Waals surface area contributed by atoms with E-state index >= 15 is 0 Å². The molecule has 0 amide bonds. The molecule has 2 rings (SSSR count). The Kier molecular flexibility index (Phi) is 2.86. The zero-order chi connectivity index (χ0) is 10.8. The summed E-state index contributed by atoms with van der Waals surface area (Å²) in [6.45, 7) is 1.39. The molecule has 1 aliphatic heterocycles. The van der Waals surface area contributed by atoms with Crippen molar-refractivity contribution in [2.75, 3.05) is 18.0 Å². The Balaban J connectivity index is 2.19. The van der Waals surface area contributed by atoms with Crippen molar-refractivity contribution in [3.05, 3.63) is 29.8 Å². The van der Waals surface area contributed by atoms with E-state index in [0.29, 0.717) is 18.8 Å². The summed E-state index contributed by atoms with van der Waals surface area (Å²) < 4.78 is 26.4. The van der Waals surface area contributed by atoms with Crippen molar-refractivity contribution < 1.29 is 8.78 Å². The third-order valence-electron chi connectivity index (χ3n) is 2.81. The van der Waals surface area contributed by atoms with Gasteiger partial charge in [-0.15, -0.1) is 0 Å². The van der Waals surface area contributed by atoms with Gasteiger partial charge in [0.2, 0.25) is 0 Å². The Morgan fingerprint density at radius 1 is 1.20 bits per heavy atom. The van der Waals surface area contributed by atoms with Gasteiger partial charge in [-0.2, -0.15) is 0 Å². The summed E-state index contributed by atoms with van der Waals surface area (Å²) in [4.78, 5) is 1.85. The van der Waals surface area contributed by atoms with Gasteiger partial charge in [0.05, 0.1) is 5.69 Å². The summed E-state index contributed by atoms with van der Waals surface area (Å²) in [5.41, 5.74) is 6.10. The maximum absolute atomic E-state index is 13.4. The van der Waals surface area contributed by atoms with Gasteiger partial charge in [-0.3, -0.25) is 0 Å². The van der Waals surface area contributed by atoms with Crippen LogP contribution in [-0.4, -0.2) is 19.1 Å². The summed E-state index contributed by atoms with van der Waals surface area (Å²) in [7, 11) is 0.